The Labute approximate surface area is 132 Å². The van der Waals surface area contributed by atoms with Gasteiger partial charge in [0.1, 0.15) is 0 Å². The number of halogens is 2. The molecule has 3 aromatic rings. The molecule has 3 nitrogen and oxygen atoms in total. The first kappa shape index (κ1) is 13.5. The summed E-state index contributed by atoms with van der Waals surface area (Å²) < 4.78 is 1.41. The Hall–Kier alpha value is -1.43. The summed E-state index contributed by atoms with van der Waals surface area (Å²) in [5.41, 5.74) is 2.28. The third-order valence-electron chi connectivity index (χ3n) is 2.88. The van der Waals surface area contributed by atoms with Crippen molar-refractivity contribution in [1.29, 1.82) is 0 Å². The minimum Gasteiger partial charge on any atom is -0.478 e. The average Bonchev–Trinajstić information content (AvgIpc) is 2.85. The standard InChI is InChI=1S/C14H7BrClNO2S/c15-10-3-1-2-8-9(14(18)19)5-11(17-13(8)10)7-4-12(16)20-6-7/h1-6H,(H,18,19). The summed E-state index contributed by atoms with van der Waals surface area (Å²) in [6.07, 6.45) is 0. The molecule has 0 aliphatic carbocycles. The van der Waals surface area contributed by atoms with Gasteiger partial charge in [-0.3, -0.25) is 0 Å². The number of pyridine rings is 1. The minimum atomic E-state index is -0.974. The molecule has 2 heterocycles. The van der Waals surface area contributed by atoms with Gasteiger partial charge in [-0.15, -0.1) is 11.3 Å². The molecule has 0 bridgehead atoms. The summed E-state index contributed by atoms with van der Waals surface area (Å²) in [6.45, 7) is 0. The molecule has 0 amide bonds. The van der Waals surface area contributed by atoms with Crippen molar-refractivity contribution in [3.05, 3.63) is 50.1 Å². The Kier molecular flexibility index (Phi) is 3.50. The molecule has 0 aliphatic heterocycles. The van der Waals surface area contributed by atoms with Gasteiger partial charge in [-0.05, 0) is 34.1 Å². The predicted molar refractivity (Wildman–Crippen MR) is 84.7 cm³/mol. The van der Waals surface area contributed by atoms with E-state index in [9.17, 15) is 9.90 Å². The zero-order chi connectivity index (χ0) is 14.3. The number of aromatic nitrogens is 1. The summed E-state index contributed by atoms with van der Waals surface area (Å²) in [7, 11) is 0. The van der Waals surface area contributed by atoms with Crippen molar-refractivity contribution in [3.8, 4) is 11.3 Å². The molecular formula is C14H7BrClNO2S. The van der Waals surface area contributed by atoms with E-state index in [0.717, 1.165) is 10.0 Å². The molecule has 0 saturated heterocycles. The van der Waals surface area contributed by atoms with Gasteiger partial charge >= 0.3 is 5.97 Å². The number of benzene rings is 1. The highest BCUT2D eigenvalue weighted by molar-refractivity contribution is 9.10. The lowest BCUT2D eigenvalue weighted by Crippen LogP contribution is -2.00. The van der Waals surface area contributed by atoms with Crippen LogP contribution in [-0.2, 0) is 0 Å². The summed E-state index contributed by atoms with van der Waals surface area (Å²) >= 11 is 10.7. The SMILES string of the molecule is O=C(O)c1cc(-c2csc(Cl)c2)nc2c(Br)cccc12. The monoisotopic (exact) mass is 367 g/mol. The number of rotatable bonds is 2. The fraction of sp³-hybridized carbons (Fsp3) is 0. The van der Waals surface area contributed by atoms with Gasteiger partial charge in [-0.1, -0.05) is 23.7 Å². The molecule has 0 radical (unpaired) electrons. The first-order chi connectivity index (χ1) is 9.56. The van der Waals surface area contributed by atoms with E-state index in [1.54, 1.807) is 24.3 Å². The normalized spacial score (nSPS) is 10.9. The van der Waals surface area contributed by atoms with Crippen LogP contribution in [0.15, 0.2) is 40.2 Å². The van der Waals surface area contributed by atoms with Crippen LogP contribution in [0.5, 0.6) is 0 Å². The molecule has 0 spiro atoms. The Bertz CT molecular complexity index is 831. The van der Waals surface area contributed by atoms with Gasteiger partial charge in [0.2, 0.25) is 0 Å². The smallest absolute Gasteiger partial charge is 0.336 e. The highest BCUT2D eigenvalue weighted by Crippen LogP contribution is 2.32. The van der Waals surface area contributed by atoms with Crippen molar-refractivity contribution >= 4 is 55.7 Å². The van der Waals surface area contributed by atoms with Crippen LogP contribution < -0.4 is 0 Å². The van der Waals surface area contributed by atoms with E-state index in [0.29, 0.717) is 20.9 Å². The van der Waals surface area contributed by atoms with E-state index in [2.05, 4.69) is 20.9 Å². The molecule has 6 heteroatoms. The molecule has 1 N–H and O–H groups in total. The van der Waals surface area contributed by atoms with Crippen LogP contribution in [0, 0.1) is 0 Å². The van der Waals surface area contributed by atoms with Gasteiger partial charge in [0.15, 0.2) is 0 Å². The molecule has 0 fully saturated rings. The molecule has 0 aliphatic rings. The van der Waals surface area contributed by atoms with Gasteiger partial charge in [-0.25, -0.2) is 9.78 Å². The summed E-state index contributed by atoms with van der Waals surface area (Å²) in [5.74, 6) is -0.974. The first-order valence-electron chi connectivity index (χ1n) is 5.63. The average molecular weight is 369 g/mol. The zero-order valence-electron chi connectivity index (χ0n) is 9.93. The Morgan fingerprint density at radius 1 is 1.35 bits per heavy atom. The van der Waals surface area contributed by atoms with Gasteiger partial charge in [-0.2, -0.15) is 0 Å². The van der Waals surface area contributed by atoms with Crippen molar-refractivity contribution in [1.82, 2.24) is 4.98 Å². The van der Waals surface area contributed by atoms with E-state index < -0.39 is 5.97 Å². The predicted octanol–water partition coefficient (Wildman–Crippen LogP) is 5.08. The van der Waals surface area contributed by atoms with E-state index >= 15 is 0 Å². The van der Waals surface area contributed by atoms with Crippen molar-refractivity contribution < 1.29 is 9.90 Å². The summed E-state index contributed by atoms with van der Waals surface area (Å²) in [6, 6.07) is 8.74. The Morgan fingerprint density at radius 2 is 2.15 bits per heavy atom. The Balaban J connectivity index is 2.35. The van der Waals surface area contributed by atoms with Gasteiger partial charge in [0.25, 0.3) is 0 Å². The van der Waals surface area contributed by atoms with Crippen LogP contribution in [0.3, 0.4) is 0 Å². The van der Waals surface area contributed by atoms with E-state index in [4.69, 9.17) is 11.6 Å². The largest absolute Gasteiger partial charge is 0.478 e. The number of hydrogen-bond acceptors (Lipinski definition) is 3. The number of carboxylic acid groups (broad SMARTS) is 1. The number of carboxylic acids is 1. The van der Waals surface area contributed by atoms with E-state index in [-0.39, 0.29) is 5.56 Å². The van der Waals surface area contributed by atoms with Crippen molar-refractivity contribution in [2.45, 2.75) is 0 Å². The summed E-state index contributed by atoms with van der Waals surface area (Å²) in [4.78, 5) is 16.0. The zero-order valence-corrected chi connectivity index (χ0v) is 13.1. The first-order valence-corrected chi connectivity index (χ1v) is 7.68. The van der Waals surface area contributed by atoms with Crippen LogP contribution in [0.2, 0.25) is 4.34 Å². The molecule has 0 saturated carbocycles. The second-order valence-corrected chi connectivity index (χ2v) is 6.53. The number of carbonyl (C=O) groups is 1. The van der Waals surface area contributed by atoms with E-state index in [1.165, 1.54) is 11.3 Å². The fourth-order valence-corrected chi connectivity index (χ4v) is 3.31. The number of hydrogen-bond donors (Lipinski definition) is 1. The third-order valence-corrected chi connectivity index (χ3v) is 4.61. The van der Waals surface area contributed by atoms with E-state index in [1.807, 2.05) is 11.4 Å². The lowest BCUT2D eigenvalue weighted by Gasteiger charge is -2.07. The maximum atomic E-state index is 11.4. The molecule has 20 heavy (non-hydrogen) atoms. The van der Waals surface area contributed by atoms with Crippen molar-refractivity contribution in [2.24, 2.45) is 0 Å². The second-order valence-electron chi connectivity index (χ2n) is 4.14. The number of nitrogens with zero attached hydrogens (tertiary/aromatic N) is 1. The number of aromatic carboxylic acids is 1. The van der Waals surface area contributed by atoms with Gasteiger partial charge < -0.3 is 5.11 Å². The molecule has 0 unspecified atom stereocenters. The molecular weight excluding hydrogens is 362 g/mol. The lowest BCUT2D eigenvalue weighted by atomic mass is 10.1. The van der Waals surface area contributed by atoms with Gasteiger partial charge in [0.05, 0.1) is 21.1 Å². The van der Waals surface area contributed by atoms with Crippen LogP contribution in [0.25, 0.3) is 22.2 Å². The van der Waals surface area contributed by atoms with Crippen molar-refractivity contribution in [2.75, 3.05) is 0 Å². The van der Waals surface area contributed by atoms with Crippen LogP contribution in [0.1, 0.15) is 10.4 Å². The molecule has 1 aromatic carbocycles. The number of thiophene rings is 1. The lowest BCUT2D eigenvalue weighted by molar-refractivity contribution is 0.0699. The maximum Gasteiger partial charge on any atom is 0.336 e. The second kappa shape index (κ2) is 5.16. The fourth-order valence-electron chi connectivity index (χ4n) is 1.98. The highest BCUT2D eigenvalue weighted by Gasteiger charge is 2.15. The van der Waals surface area contributed by atoms with Crippen LogP contribution >= 0.6 is 38.9 Å². The van der Waals surface area contributed by atoms with Crippen LogP contribution in [-0.4, -0.2) is 16.1 Å². The minimum absolute atomic E-state index is 0.230. The third kappa shape index (κ3) is 2.32. The highest BCUT2D eigenvalue weighted by atomic mass is 79.9. The summed E-state index contributed by atoms with van der Waals surface area (Å²) in [5, 5.41) is 11.9. The quantitative estimate of drug-likeness (QED) is 0.686. The molecule has 0 atom stereocenters. The molecule has 2 aromatic heterocycles. The molecule has 100 valence electrons. The van der Waals surface area contributed by atoms with Crippen LogP contribution in [0.4, 0.5) is 0 Å². The number of fused-ring (bicyclic) bond motifs is 1. The number of para-hydroxylation sites is 1. The van der Waals surface area contributed by atoms with Gasteiger partial charge in [0, 0.05) is 20.8 Å². The Morgan fingerprint density at radius 3 is 2.80 bits per heavy atom. The maximum absolute atomic E-state index is 11.4. The topological polar surface area (TPSA) is 50.2 Å². The molecule has 3 rings (SSSR count). The van der Waals surface area contributed by atoms with Crippen molar-refractivity contribution in [3.63, 3.8) is 0 Å².